The van der Waals surface area contributed by atoms with Crippen LogP contribution in [-0.4, -0.2) is 43.0 Å². The van der Waals surface area contributed by atoms with Crippen LogP contribution in [0.3, 0.4) is 0 Å². The quantitative estimate of drug-likeness (QED) is 0.624. The van der Waals surface area contributed by atoms with E-state index in [0.29, 0.717) is 17.7 Å². The van der Waals surface area contributed by atoms with Crippen LogP contribution < -0.4 is 4.90 Å². The van der Waals surface area contributed by atoms with Gasteiger partial charge in [-0.15, -0.1) is 0 Å². The number of nitrogens with zero attached hydrogens (tertiary/aromatic N) is 4. The number of rotatable bonds is 6. The Labute approximate surface area is 169 Å². The van der Waals surface area contributed by atoms with E-state index in [0.717, 1.165) is 28.3 Å². The summed E-state index contributed by atoms with van der Waals surface area (Å²) in [5.74, 6) is -0.0864. The Morgan fingerprint density at radius 1 is 1.14 bits per heavy atom. The van der Waals surface area contributed by atoms with Crippen molar-refractivity contribution in [2.45, 2.75) is 20.3 Å². The number of hydrogen-bond acceptors (Lipinski definition) is 5. The Kier molecular flexibility index (Phi) is 6.08. The summed E-state index contributed by atoms with van der Waals surface area (Å²) in [6.07, 6.45) is 0.850. The van der Waals surface area contributed by atoms with E-state index in [9.17, 15) is 4.79 Å². The molecule has 0 N–H and O–H groups in total. The molecule has 0 unspecified atom stereocenters. The van der Waals surface area contributed by atoms with E-state index in [1.54, 1.807) is 40.5 Å². The lowest BCUT2D eigenvalue weighted by Crippen LogP contribution is -2.33. The molecule has 0 fully saturated rings. The number of benzene rings is 2. The van der Waals surface area contributed by atoms with Crippen molar-refractivity contribution in [2.24, 2.45) is 0 Å². The van der Waals surface area contributed by atoms with Crippen molar-refractivity contribution < 1.29 is 4.79 Å². The van der Waals surface area contributed by atoms with Crippen molar-refractivity contribution in [3.63, 3.8) is 0 Å². The van der Waals surface area contributed by atoms with Crippen molar-refractivity contribution in [2.75, 3.05) is 32.1 Å². The van der Waals surface area contributed by atoms with Gasteiger partial charge in [-0.1, -0.05) is 17.4 Å². The van der Waals surface area contributed by atoms with Gasteiger partial charge in [-0.3, -0.25) is 9.69 Å². The molecule has 1 aromatic heterocycles. The molecule has 6 heteroatoms. The molecule has 144 valence electrons. The first kappa shape index (κ1) is 20.0. The molecule has 0 atom stereocenters. The number of nitriles is 1. The summed E-state index contributed by atoms with van der Waals surface area (Å²) in [5, 5.41) is 9.71. The zero-order valence-corrected chi connectivity index (χ0v) is 17.5. The average molecular weight is 393 g/mol. The summed E-state index contributed by atoms with van der Waals surface area (Å²) in [6, 6.07) is 13.1. The van der Waals surface area contributed by atoms with E-state index >= 15 is 0 Å². The Hall–Kier alpha value is -2.75. The summed E-state index contributed by atoms with van der Waals surface area (Å²) in [6.45, 7) is 5.62. The molecule has 2 aromatic carbocycles. The standard InChI is InChI=1S/C22H24N4OS/c1-15-12-16(2)20-19(13-15)24-22(28-20)26(11-5-10-25(3)4)21(27)18-8-6-17(14-23)7-9-18/h6-9,12-13H,5,10-11H2,1-4H3. The zero-order valence-electron chi connectivity index (χ0n) is 16.7. The van der Waals surface area contributed by atoms with E-state index in [1.165, 1.54) is 11.1 Å². The summed E-state index contributed by atoms with van der Waals surface area (Å²) >= 11 is 1.56. The lowest BCUT2D eigenvalue weighted by Gasteiger charge is -2.21. The lowest BCUT2D eigenvalue weighted by atomic mass is 10.1. The molecule has 0 saturated heterocycles. The fourth-order valence-corrected chi connectivity index (χ4v) is 4.19. The summed E-state index contributed by atoms with van der Waals surface area (Å²) < 4.78 is 1.12. The predicted octanol–water partition coefficient (Wildman–Crippen LogP) is 4.38. The number of anilines is 1. The Morgan fingerprint density at radius 3 is 2.50 bits per heavy atom. The second kappa shape index (κ2) is 8.51. The number of hydrogen-bond donors (Lipinski definition) is 0. The van der Waals surface area contributed by atoms with Gasteiger partial charge < -0.3 is 4.90 Å². The third kappa shape index (κ3) is 4.38. The van der Waals surface area contributed by atoms with Gasteiger partial charge in [0.25, 0.3) is 5.91 Å². The van der Waals surface area contributed by atoms with Crippen molar-refractivity contribution >= 4 is 32.6 Å². The number of thiazole rings is 1. The van der Waals surface area contributed by atoms with Gasteiger partial charge in [-0.2, -0.15) is 5.26 Å². The topological polar surface area (TPSA) is 60.2 Å². The number of carbonyl (C=O) groups excluding carboxylic acids is 1. The Balaban J connectivity index is 1.97. The van der Waals surface area contributed by atoms with Crippen LogP contribution in [0.15, 0.2) is 36.4 Å². The first-order valence-electron chi connectivity index (χ1n) is 9.23. The third-order valence-corrected chi connectivity index (χ3v) is 5.76. The number of fused-ring (bicyclic) bond motifs is 1. The van der Waals surface area contributed by atoms with Gasteiger partial charge in [0.05, 0.1) is 21.8 Å². The highest BCUT2D eigenvalue weighted by atomic mass is 32.1. The molecule has 28 heavy (non-hydrogen) atoms. The predicted molar refractivity (Wildman–Crippen MR) is 115 cm³/mol. The zero-order chi connectivity index (χ0) is 20.3. The molecule has 3 rings (SSSR count). The van der Waals surface area contributed by atoms with E-state index in [-0.39, 0.29) is 5.91 Å². The van der Waals surface area contributed by atoms with E-state index in [4.69, 9.17) is 10.2 Å². The number of carbonyl (C=O) groups is 1. The summed E-state index contributed by atoms with van der Waals surface area (Å²) in [4.78, 5) is 21.9. The second-order valence-corrected chi connectivity index (χ2v) is 8.21. The second-order valence-electron chi connectivity index (χ2n) is 7.23. The molecular formula is C22H24N4OS. The van der Waals surface area contributed by atoms with Gasteiger partial charge in [0.1, 0.15) is 0 Å². The lowest BCUT2D eigenvalue weighted by molar-refractivity contribution is 0.0986. The minimum absolute atomic E-state index is 0.0864. The maximum atomic E-state index is 13.2. The van der Waals surface area contributed by atoms with E-state index in [1.807, 2.05) is 14.1 Å². The molecule has 0 aliphatic heterocycles. The molecule has 0 radical (unpaired) electrons. The first-order valence-corrected chi connectivity index (χ1v) is 10.0. The minimum Gasteiger partial charge on any atom is -0.309 e. The smallest absolute Gasteiger partial charge is 0.260 e. The SMILES string of the molecule is Cc1cc(C)c2sc(N(CCCN(C)C)C(=O)c3ccc(C#N)cc3)nc2c1. The van der Waals surface area contributed by atoms with Crippen molar-refractivity contribution in [1.82, 2.24) is 9.88 Å². The van der Waals surface area contributed by atoms with Crippen LogP contribution in [0.1, 0.15) is 33.5 Å². The minimum atomic E-state index is -0.0864. The highest BCUT2D eigenvalue weighted by molar-refractivity contribution is 7.22. The van der Waals surface area contributed by atoms with E-state index < -0.39 is 0 Å². The summed E-state index contributed by atoms with van der Waals surface area (Å²) in [7, 11) is 4.05. The van der Waals surface area contributed by atoms with Gasteiger partial charge >= 0.3 is 0 Å². The number of amides is 1. The highest BCUT2D eigenvalue weighted by Gasteiger charge is 2.21. The molecule has 0 saturated carbocycles. The van der Waals surface area contributed by atoms with Crippen LogP contribution in [0, 0.1) is 25.2 Å². The third-order valence-electron chi connectivity index (χ3n) is 4.53. The van der Waals surface area contributed by atoms with Crippen molar-refractivity contribution in [3.05, 3.63) is 58.7 Å². The fourth-order valence-electron chi connectivity index (χ4n) is 3.15. The molecule has 1 amide bonds. The van der Waals surface area contributed by atoms with Crippen molar-refractivity contribution in [3.8, 4) is 6.07 Å². The Morgan fingerprint density at radius 2 is 1.86 bits per heavy atom. The van der Waals surface area contributed by atoms with Gasteiger partial charge in [0, 0.05) is 12.1 Å². The van der Waals surface area contributed by atoms with Gasteiger partial charge in [0.15, 0.2) is 5.13 Å². The molecule has 5 nitrogen and oxygen atoms in total. The van der Waals surface area contributed by atoms with E-state index in [2.05, 4.69) is 36.9 Å². The van der Waals surface area contributed by atoms with Crippen LogP contribution in [0.5, 0.6) is 0 Å². The van der Waals surface area contributed by atoms with Gasteiger partial charge in [-0.25, -0.2) is 4.98 Å². The Bertz CT molecular complexity index is 1030. The highest BCUT2D eigenvalue weighted by Crippen LogP contribution is 2.33. The molecule has 0 spiro atoms. The van der Waals surface area contributed by atoms with Gasteiger partial charge in [0.2, 0.25) is 0 Å². The monoisotopic (exact) mass is 392 g/mol. The van der Waals surface area contributed by atoms with Gasteiger partial charge in [-0.05, 0) is 82.4 Å². The molecule has 1 heterocycles. The maximum Gasteiger partial charge on any atom is 0.260 e. The van der Waals surface area contributed by atoms with Crippen LogP contribution in [0.2, 0.25) is 0 Å². The summed E-state index contributed by atoms with van der Waals surface area (Å²) in [5.41, 5.74) is 4.39. The molecular weight excluding hydrogens is 368 g/mol. The number of aromatic nitrogens is 1. The average Bonchev–Trinajstić information content (AvgIpc) is 3.08. The van der Waals surface area contributed by atoms with Crippen LogP contribution in [0.25, 0.3) is 10.2 Å². The normalized spacial score (nSPS) is 11.0. The largest absolute Gasteiger partial charge is 0.309 e. The number of aryl methyl sites for hydroxylation is 2. The molecule has 0 aliphatic carbocycles. The molecule has 0 aliphatic rings. The van der Waals surface area contributed by atoms with Crippen molar-refractivity contribution in [1.29, 1.82) is 5.26 Å². The molecule has 0 bridgehead atoms. The van der Waals surface area contributed by atoms with Crippen LogP contribution >= 0.6 is 11.3 Å². The molecule has 3 aromatic rings. The van der Waals surface area contributed by atoms with Crippen LogP contribution in [-0.2, 0) is 0 Å². The van der Waals surface area contributed by atoms with Crippen LogP contribution in [0.4, 0.5) is 5.13 Å². The maximum absolute atomic E-state index is 13.2. The fraction of sp³-hybridized carbons (Fsp3) is 0.318. The first-order chi connectivity index (χ1) is 13.4.